The molecule has 0 fully saturated rings. The Morgan fingerprint density at radius 2 is 1.21 bits per heavy atom. The van der Waals surface area contributed by atoms with E-state index >= 15 is 0 Å². The predicted octanol–water partition coefficient (Wildman–Crippen LogP) is 9.63. The van der Waals surface area contributed by atoms with Crippen molar-refractivity contribution in [2.75, 3.05) is 47.5 Å². The third-order valence-corrected chi connectivity index (χ3v) is 9.74. The van der Waals surface area contributed by atoms with Gasteiger partial charge >= 0.3 is 19.8 Å². The zero-order chi connectivity index (χ0) is 41.8. The van der Waals surface area contributed by atoms with E-state index in [4.69, 9.17) is 18.5 Å². The average Bonchev–Trinajstić information content (AvgIpc) is 3.13. The maximum absolute atomic E-state index is 12.7. The molecule has 4 atom stereocenters. The molecule has 0 radical (unpaired) electrons. The zero-order valence-corrected chi connectivity index (χ0v) is 36.5. The van der Waals surface area contributed by atoms with Crippen LogP contribution in [0.4, 0.5) is 0 Å². The van der Waals surface area contributed by atoms with Crippen LogP contribution < -0.4 is 0 Å². The minimum atomic E-state index is -4.44. The molecule has 324 valence electrons. The van der Waals surface area contributed by atoms with Gasteiger partial charge in [0.05, 0.1) is 40.0 Å². The first kappa shape index (κ1) is 53.6. The third-order valence-electron chi connectivity index (χ3n) is 8.75. The molecule has 0 aliphatic heterocycles. The molecule has 11 nitrogen and oxygen atoms in total. The van der Waals surface area contributed by atoms with E-state index in [2.05, 4.69) is 26.0 Å². The van der Waals surface area contributed by atoms with Crippen LogP contribution in [0.1, 0.15) is 142 Å². The van der Waals surface area contributed by atoms with Gasteiger partial charge in [0.15, 0.2) is 6.10 Å². The minimum Gasteiger partial charge on any atom is -0.462 e. The maximum atomic E-state index is 12.7. The van der Waals surface area contributed by atoms with Gasteiger partial charge in [0.1, 0.15) is 19.8 Å². The molecule has 0 aliphatic carbocycles. The zero-order valence-electron chi connectivity index (χ0n) is 35.6. The number of likely N-dealkylation sites (N-methyl/N-ethyl adjacent to an activating group) is 1. The molecule has 3 N–H and O–H groups in total. The Morgan fingerprint density at radius 3 is 1.80 bits per heavy atom. The fourth-order valence-corrected chi connectivity index (χ4v) is 6.11. The Morgan fingerprint density at radius 1 is 0.661 bits per heavy atom. The molecule has 12 heteroatoms. The number of aliphatic hydroxyl groups is 2. The number of unbranched alkanes of at least 4 members (excludes halogenated alkanes) is 12. The molecule has 0 rings (SSSR count). The van der Waals surface area contributed by atoms with Gasteiger partial charge in [-0.1, -0.05) is 152 Å². The molecule has 0 aromatic heterocycles. The molecule has 0 aliphatic rings. The van der Waals surface area contributed by atoms with Gasteiger partial charge < -0.3 is 29.1 Å². The van der Waals surface area contributed by atoms with Gasteiger partial charge in [0, 0.05) is 12.8 Å². The molecule has 4 unspecified atom stereocenters. The van der Waals surface area contributed by atoms with Crippen LogP contribution in [0, 0.1) is 0 Å². The van der Waals surface area contributed by atoms with Gasteiger partial charge in [0.2, 0.25) is 0 Å². The summed E-state index contributed by atoms with van der Waals surface area (Å²) >= 11 is 0. The quantitative estimate of drug-likeness (QED) is 0.0138. The number of carbonyl (C=O) groups excluding carboxylic acids is 2. The number of quaternary nitrogens is 1. The number of carbonyl (C=O) groups is 2. The topological polar surface area (TPSA) is 149 Å². The molecule has 0 aromatic carbocycles. The highest BCUT2D eigenvalue weighted by atomic mass is 31.2. The first-order valence-corrected chi connectivity index (χ1v) is 22.7. The Bertz CT molecular complexity index is 1180. The van der Waals surface area contributed by atoms with Crippen molar-refractivity contribution in [1.82, 2.24) is 0 Å². The van der Waals surface area contributed by atoms with Gasteiger partial charge in [0.25, 0.3) is 0 Å². The fourth-order valence-electron chi connectivity index (χ4n) is 5.37. The van der Waals surface area contributed by atoms with E-state index in [1.54, 1.807) is 36.5 Å². The highest BCUT2D eigenvalue weighted by molar-refractivity contribution is 7.47. The van der Waals surface area contributed by atoms with Crippen LogP contribution >= 0.6 is 7.82 Å². The molecule has 56 heavy (non-hydrogen) atoms. The van der Waals surface area contributed by atoms with Crippen LogP contribution in [0.25, 0.3) is 0 Å². The second kappa shape index (κ2) is 35.8. The summed E-state index contributed by atoms with van der Waals surface area (Å²) in [5.74, 6) is -1.05. The molecule has 0 spiro atoms. The molecular formula is C44H79NO10P+. The standard InChI is InChI=1S/C44H78NO10P/c1-6-8-10-12-14-15-16-17-18-19-20-22-28-34-43(48)52-38-42(39-54-56(50,51)53-37-36-45(3,4)5)55-44(49)35-29-33-41(47)32-27-24-23-26-31-40(46)30-25-21-13-11-9-7-2/h9,11,21,23-27,31-32,40-42,46-47H,6-8,10,12-20,22,28-30,33-39H2,1-5H3/p+1/b11-9-,24-23-,25-21-,31-26+,32-27+. The number of ether oxygens (including phenoxy) is 2. The second-order valence-corrected chi connectivity index (χ2v) is 16.9. The summed E-state index contributed by atoms with van der Waals surface area (Å²) < 4.78 is 34.0. The summed E-state index contributed by atoms with van der Waals surface area (Å²) in [6.07, 6.45) is 34.7. The van der Waals surface area contributed by atoms with Gasteiger partial charge in [-0.15, -0.1) is 0 Å². The van der Waals surface area contributed by atoms with E-state index in [0.717, 1.165) is 32.1 Å². The summed E-state index contributed by atoms with van der Waals surface area (Å²) in [4.78, 5) is 35.3. The van der Waals surface area contributed by atoms with Gasteiger partial charge in [-0.25, -0.2) is 4.57 Å². The summed E-state index contributed by atoms with van der Waals surface area (Å²) in [5.41, 5.74) is 0. The van der Waals surface area contributed by atoms with E-state index in [1.807, 2.05) is 33.3 Å². The summed E-state index contributed by atoms with van der Waals surface area (Å²) in [5, 5.41) is 20.3. The van der Waals surface area contributed by atoms with Crippen LogP contribution in [0.5, 0.6) is 0 Å². The number of nitrogens with zero attached hydrogens (tertiary/aromatic N) is 1. The highest BCUT2D eigenvalue weighted by Gasteiger charge is 2.27. The Kier molecular flexibility index (Phi) is 34.3. The molecule has 0 amide bonds. The highest BCUT2D eigenvalue weighted by Crippen LogP contribution is 2.43. The molecule has 0 saturated heterocycles. The first-order valence-electron chi connectivity index (χ1n) is 21.2. The molecule has 0 aromatic rings. The van der Waals surface area contributed by atoms with E-state index in [-0.39, 0.29) is 26.1 Å². The van der Waals surface area contributed by atoms with Crippen molar-refractivity contribution >= 4 is 19.8 Å². The Hall–Kier alpha value is -2.37. The lowest BCUT2D eigenvalue weighted by Crippen LogP contribution is -2.37. The third kappa shape index (κ3) is 38.5. The number of rotatable bonds is 37. The first-order chi connectivity index (χ1) is 26.8. The van der Waals surface area contributed by atoms with Crippen molar-refractivity contribution in [3.05, 3.63) is 60.8 Å². The van der Waals surface area contributed by atoms with Gasteiger partial charge in [-0.2, -0.15) is 0 Å². The summed E-state index contributed by atoms with van der Waals surface area (Å²) in [6, 6.07) is 0. The lowest BCUT2D eigenvalue weighted by molar-refractivity contribution is -0.870. The Balaban J connectivity index is 4.67. The lowest BCUT2D eigenvalue weighted by Gasteiger charge is -2.24. The van der Waals surface area contributed by atoms with Crippen LogP contribution in [-0.2, 0) is 32.7 Å². The van der Waals surface area contributed by atoms with Crippen LogP contribution in [-0.4, -0.2) is 97.3 Å². The normalized spacial score (nSPS) is 15.4. The van der Waals surface area contributed by atoms with E-state index < -0.39 is 44.7 Å². The average molecular weight is 813 g/mol. The summed E-state index contributed by atoms with van der Waals surface area (Å²) in [6.45, 7) is 3.96. The predicted molar refractivity (Wildman–Crippen MR) is 227 cm³/mol. The van der Waals surface area contributed by atoms with Crippen molar-refractivity contribution in [2.45, 2.75) is 161 Å². The van der Waals surface area contributed by atoms with Crippen molar-refractivity contribution in [3.63, 3.8) is 0 Å². The van der Waals surface area contributed by atoms with Crippen LogP contribution in [0.15, 0.2) is 60.8 Å². The largest absolute Gasteiger partial charge is 0.472 e. The number of esters is 2. The second-order valence-electron chi connectivity index (χ2n) is 15.4. The number of allylic oxidation sites excluding steroid dienone is 7. The maximum Gasteiger partial charge on any atom is 0.472 e. The lowest BCUT2D eigenvalue weighted by atomic mass is 10.0. The van der Waals surface area contributed by atoms with Crippen molar-refractivity contribution in [1.29, 1.82) is 0 Å². The number of hydrogen-bond donors (Lipinski definition) is 3. The number of phosphoric acid groups is 1. The SMILES string of the molecule is CC/C=C\C/C=C\CC(O)/C=C/C=C\C=C\C(O)CCCC(=O)OC(COC(=O)CCCCCCCCCCCCCCC)COP(=O)(O)OCC[N+](C)(C)C. The van der Waals surface area contributed by atoms with Crippen molar-refractivity contribution < 1.29 is 52.3 Å². The molecular weight excluding hydrogens is 733 g/mol. The number of phosphoric ester groups is 1. The molecule has 0 heterocycles. The van der Waals surface area contributed by atoms with Crippen LogP contribution in [0.2, 0.25) is 0 Å². The Labute approximate surface area is 340 Å². The van der Waals surface area contributed by atoms with Crippen molar-refractivity contribution in [3.8, 4) is 0 Å². The fraction of sp³-hybridized carbons (Fsp3) is 0.727. The number of aliphatic hydroxyl groups excluding tert-OH is 2. The van der Waals surface area contributed by atoms with Crippen LogP contribution in [0.3, 0.4) is 0 Å². The van der Waals surface area contributed by atoms with Crippen molar-refractivity contribution in [2.24, 2.45) is 0 Å². The van der Waals surface area contributed by atoms with Gasteiger partial charge in [-0.05, 0) is 38.5 Å². The number of hydrogen-bond acceptors (Lipinski definition) is 9. The molecule has 0 saturated carbocycles. The summed E-state index contributed by atoms with van der Waals surface area (Å²) in [7, 11) is 1.31. The van der Waals surface area contributed by atoms with Gasteiger partial charge in [-0.3, -0.25) is 18.6 Å². The monoisotopic (exact) mass is 813 g/mol. The molecule has 0 bridgehead atoms. The van der Waals surface area contributed by atoms with E-state index in [9.17, 15) is 29.3 Å². The smallest absolute Gasteiger partial charge is 0.462 e. The minimum absolute atomic E-state index is 0.0162. The van der Waals surface area contributed by atoms with E-state index in [1.165, 1.54) is 57.8 Å². The van der Waals surface area contributed by atoms with E-state index in [0.29, 0.717) is 36.7 Å².